The Morgan fingerprint density at radius 2 is 2.11 bits per heavy atom. The van der Waals surface area contributed by atoms with Crippen LogP contribution in [0.3, 0.4) is 0 Å². The minimum atomic E-state index is 0.546. The van der Waals surface area contributed by atoms with Gasteiger partial charge in [-0.2, -0.15) is 5.10 Å². The molecule has 0 spiro atoms. The van der Waals surface area contributed by atoms with Gasteiger partial charge < -0.3 is 10.5 Å². The summed E-state index contributed by atoms with van der Waals surface area (Å²) >= 11 is 3.53. The number of para-hydroxylation sites is 1. The van der Waals surface area contributed by atoms with Gasteiger partial charge in [-0.15, -0.1) is 0 Å². The van der Waals surface area contributed by atoms with Gasteiger partial charge in [-0.3, -0.25) is 4.68 Å². The normalized spacial score (nSPS) is 10.9. The Balaban J connectivity index is 1.86. The minimum Gasteiger partial charge on any atom is -0.399 e. The van der Waals surface area contributed by atoms with Crippen LogP contribution in [0.25, 0.3) is 0 Å². The number of hydrogen-bond donors (Lipinski definition) is 1. The number of nitrogen functional groups attached to an aromatic ring is 1. The van der Waals surface area contributed by atoms with Crippen LogP contribution in [0.2, 0.25) is 0 Å². The molecule has 0 aliphatic carbocycles. The predicted molar refractivity (Wildman–Crippen MR) is 79.9 cm³/mol. The summed E-state index contributed by atoms with van der Waals surface area (Å²) in [5, 5.41) is 4.33. The molecule has 0 saturated heterocycles. The maximum Gasteiger partial charge on any atom is 0.0896 e. The van der Waals surface area contributed by atoms with Crippen LogP contribution in [-0.2, 0) is 24.8 Å². The molecule has 0 bridgehead atoms. The maximum atomic E-state index is 5.89. The highest BCUT2D eigenvalue weighted by molar-refractivity contribution is 9.10. The number of rotatable bonds is 5. The Kier molecular flexibility index (Phi) is 4.61. The van der Waals surface area contributed by atoms with Crippen molar-refractivity contribution in [2.24, 2.45) is 7.05 Å². The molecule has 0 radical (unpaired) electrons. The van der Waals surface area contributed by atoms with Gasteiger partial charge >= 0.3 is 0 Å². The second-order valence-electron chi connectivity index (χ2n) is 4.47. The highest BCUT2D eigenvalue weighted by atomic mass is 79.9. The molecule has 0 aliphatic rings. The van der Waals surface area contributed by atoms with Crippen LogP contribution >= 0.6 is 15.9 Å². The average Bonchev–Trinajstić information content (AvgIpc) is 2.62. The van der Waals surface area contributed by atoms with Crippen molar-refractivity contribution in [1.29, 1.82) is 0 Å². The number of benzene rings is 1. The van der Waals surface area contributed by atoms with Gasteiger partial charge in [0.2, 0.25) is 0 Å². The first-order valence-corrected chi connectivity index (χ1v) is 6.98. The van der Waals surface area contributed by atoms with Gasteiger partial charge in [-0.1, -0.05) is 18.2 Å². The van der Waals surface area contributed by atoms with E-state index in [-0.39, 0.29) is 0 Å². The standard InChI is InChI=1S/C14H18BrN3O/c1-10-14(15)13(18(2)17-10)9-19-8-7-11-5-3-4-6-12(11)16/h3-6H,7-9,16H2,1-2H3. The minimum absolute atomic E-state index is 0.546. The van der Waals surface area contributed by atoms with Crippen molar-refractivity contribution in [3.05, 3.63) is 45.7 Å². The van der Waals surface area contributed by atoms with Gasteiger partial charge in [-0.05, 0) is 40.9 Å². The molecule has 1 aromatic heterocycles. The molecule has 1 aromatic carbocycles. The zero-order valence-electron chi connectivity index (χ0n) is 11.2. The summed E-state index contributed by atoms with van der Waals surface area (Å²) in [4.78, 5) is 0. The van der Waals surface area contributed by atoms with E-state index < -0.39 is 0 Å². The highest BCUT2D eigenvalue weighted by Crippen LogP contribution is 2.21. The van der Waals surface area contributed by atoms with Crippen LogP contribution in [0, 0.1) is 6.92 Å². The van der Waals surface area contributed by atoms with E-state index in [2.05, 4.69) is 21.0 Å². The van der Waals surface area contributed by atoms with E-state index in [1.807, 2.05) is 42.9 Å². The van der Waals surface area contributed by atoms with E-state index in [0.717, 1.165) is 33.5 Å². The van der Waals surface area contributed by atoms with Crippen LogP contribution in [-0.4, -0.2) is 16.4 Å². The van der Waals surface area contributed by atoms with Crippen molar-refractivity contribution in [1.82, 2.24) is 9.78 Å². The summed E-state index contributed by atoms with van der Waals surface area (Å²) in [6.45, 7) is 3.16. The fraction of sp³-hybridized carbons (Fsp3) is 0.357. The molecule has 2 N–H and O–H groups in total. The zero-order chi connectivity index (χ0) is 13.8. The van der Waals surface area contributed by atoms with E-state index in [4.69, 9.17) is 10.5 Å². The Bertz CT molecular complexity index is 566. The van der Waals surface area contributed by atoms with Crippen LogP contribution in [0.1, 0.15) is 17.0 Å². The Hall–Kier alpha value is -1.33. The Morgan fingerprint density at radius 1 is 1.37 bits per heavy atom. The molecule has 0 amide bonds. The molecule has 0 saturated carbocycles. The molecule has 0 aliphatic heterocycles. The third kappa shape index (κ3) is 3.36. The number of ether oxygens (including phenoxy) is 1. The molecule has 0 unspecified atom stereocenters. The number of nitrogens with two attached hydrogens (primary N) is 1. The first kappa shape index (κ1) is 14.1. The fourth-order valence-corrected chi connectivity index (χ4v) is 2.40. The molecule has 0 fully saturated rings. The summed E-state index contributed by atoms with van der Waals surface area (Å²) in [6, 6.07) is 7.88. The van der Waals surface area contributed by atoms with Crippen molar-refractivity contribution in [2.75, 3.05) is 12.3 Å². The van der Waals surface area contributed by atoms with Gasteiger partial charge in [0.1, 0.15) is 0 Å². The van der Waals surface area contributed by atoms with Crippen LogP contribution < -0.4 is 5.73 Å². The monoisotopic (exact) mass is 323 g/mol. The zero-order valence-corrected chi connectivity index (χ0v) is 12.8. The summed E-state index contributed by atoms with van der Waals surface area (Å²) < 4.78 is 8.57. The highest BCUT2D eigenvalue weighted by Gasteiger charge is 2.10. The maximum absolute atomic E-state index is 5.89. The molecular formula is C14H18BrN3O. The van der Waals surface area contributed by atoms with E-state index in [9.17, 15) is 0 Å². The molecule has 19 heavy (non-hydrogen) atoms. The van der Waals surface area contributed by atoms with Gasteiger partial charge in [-0.25, -0.2) is 0 Å². The van der Waals surface area contributed by atoms with Crippen LogP contribution in [0.5, 0.6) is 0 Å². The molecular weight excluding hydrogens is 306 g/mol. The molecule has 0 atom stereocenters. The molecule has 2 aromatic rings. The predicted octanol–water partition coefficient (Wildman–Crippen LogP) is 2.83. The van der Waals surface area contributed by atoms with Gasteiger partial charge in [0, 0.05) is 12.7 Å². The summed E-state index contributed by atoms with van der Waals surface area (Å²) in [5.74, 6) is 0. The Labute approximate surface area is 121 Å². The van der Waals surface area contributed by atoms with E-state index in [1.165, 1.54) is 0 Å². The van der Waals surface area contributed by atoms with Gasteiger partial charge in [0.25, 0.3) is 0 Å². The second-order valence-corrected chi connectivity index (χ2v) is 5.26. The molecule has 1 heterocycles. The van der Waals surface area contributed by atoms with Crippen molar-refractivity contribution in [2.45, 2.75) is 20.0 Å². The van der Waals surface area contributed by atoms with Crippen molar-refractivity contribution in [3.63, 3.8) is 0 Å². The summed E-state index contributed by atoms with van der Waals surface area (Å²) in [7, 11) is 1.92. The third-order valence-corrected chi connectivity index (χ3v) is 4.10. The first-order chi connectivity index (χ1) is 9.09. The molecule has 2 rings (SSSR count). The number of nitrogens with zero attached hydrogens (tertiary/aromatic N) is 2. The smallest absolute Gasteiger partial charge is 0.0896 e. The lowest BCUT2D eigenvalue weighted by atomic mass is 10.1. The average molecular weight is 324 g/mol. The van der Waals surface area contributed by atoms with E-state index in [0.29, 0.717) is 13.2 Å². The molecule has 102 valence electrons. The van der Waals surface area contributed by atoms with Gasteiger partial charge in [0.05, 0.1) is 29.1 Å². The Morgan fingerprint density at radius 3 is 2.74 bits per heavy atom. The second kappa shape index (κ2) is 6.21. The number of anilines is 1. The largest absolute Gasteiger partial charge is 0.399 e. The van der Waals surface area contributed by atoms with Crippen molar-refractivity contribution >= 4 is 21.6 Å². The lowest BCUT2D eigenvalue weighted by Gasteiger charge is -2.07. The lowest BCUT2D eigenvalue weighted by molar-refractivity contribution is 0.118. The van der Waals surface area contributed by atoms with E-state index in [1.54, 1.807) is 0 Å². The lowest BCUT2D eigenvalue weighted by Crippen LogP contribution is -2.05. The third-order valence-electron chi connectivity index (χ3n) is 3.07. The number of halogens is 1. The van der Waals surface area contributed by atoms with E-state index >= 15 is 0 Å². The fourth-order valence-electron chi connectivity index (χ4n) is 1.95. The topological polar surface area (TPSA) is 53.1 Å². The summed E-state index contributed by atoms with van der Waals surface area (Å²) in [6.07, 6.45) is 0.821. The van der Waals surface area contributed by atoms with Crippen molar-refractivity contribution < 1.29 is 4.74 Å². The number of aryl methyl sites for hydroxylation is 2. The van der Waals surface area contributed by atoms with Crippen LogP contribution in [0.4, 0.5) is 5.69 Å². The van der Waals surface area contributed by atoms with Gasteiger partial charge in [0.15, 0.2) is 0 Å². The molecule has 5 heteroatoms. The number of hydrogen-bond acceptors (Lipinski definition) is 3. The van der Waals surface area contributed by atoms with Crippen molar-refractivity contribution in [3.8, 4) is 0 Å². The number of aromatic nitrogens is 2. The quantitative estimate of drug-likeness (QED) is 0.680. The summed E-state index contributed by atoms with van der Waals surface area (Å²) in [5.41, 5.74) is 9.87. The molecule has 4 nitrogen and oxygen atoms in total. The SMILES string of the molecule is Cc1nn(C)c(COCCc2ccccc2N)c1Br. The van der Waals surface area contributed by atoms with Crippen LogP contribution in [0.15, 0.2) is 28.7 Å². The first-order valence-electron chi connectivity index (χ1n) is 6.18.